The van der Waals surface area contributed by atoms with Gasteiger partial charge in [0.25, 0.3) is 5.91 Å². The molecule has 3 rings (SSSR count). The van der Waals surface area contributed by atoms with Crippen molar-refractivity contribution < 1.29 is 22.7 Å². The predicted molar refractivity (Wildman–Crippen MR) is 92.3 cm³/mol. The zero-order valence-corrected chi connectivity index (χ0v) is 14.7. The summed E-state index contributed by atoms with van der Waals surface area (Å²) in [6.07, 6.45) is -0.935. The van der Waals surface area contributed by atoms with Crippen LogP contribution in [-0.2, 0) is 6.18 Å². The summed E-state index contributed by atoms with van der Waals surface area (Å²) in [6.45, 7) is 0. The molecule has 0 aliphatic heterocycles. The minimum atomic E-state index is -4.62. The minimum Gasteiger partial charge on any atom is -0.490 e. The second kappa shape index (κ2) is 8.25. The van der Waals surface area contributed by atoms with Crippen LogP contribution in [0.1, 0.15) is 47.3 Å². The Labute approximate surface area is 159 Å². The second-order valence-corrected chi connectivity index (χ2v) is 6.49. The molecule has 1 aliphatic carbocycles. The third-order valence-corrected chi connectivity index (χ3v) is 4.53. The molecule has 0 spiro atoms. The van der Waals surface area contributed by atoms with Crippen molar-refractivity contribution in [3.05, 3.63) is 53.3 Å². The van der Waals surface area contributed by atoms with Gasteiger partial charge in [-0.2, -0.15) is 23.5 Å². The summed E-state index contributed by atoms with van der Waals surface area (Å²) in [7, 11) is 0. The third kappa shape index (κ3) is 4.76. The number of halogens is 3. The summed E-state index contributed by atoms with van der Waals surface area (Å²) in [5.74, 6) is -0.224. The first-order valence-electron chi connectivity index (χ1n) is 8.73. The van der Waals surface area contributed by atoms with Crippen molar-refractivity contribution >= 4 is 5.91 Å². The van der Waals surface area contributed by atoms with Gasteiger partial charge in [-0.15, -0.1) is 5.10 Å². The van der Waals surface area contributed by atoms with E-state index in [9.17, 15) is 18.0 Å². The van der Waals surface area contributed by atoms with Crippen molar-refractivity contribution in [2.24, 2.45) is 0 Å². The molecule has 2 aromatic rings. The van der Waals surface area contributed by atoms with Crippen LogP contribution in [0.2, 0.25) is 0 Å². The summed E-state index contributed by atoms with van der Waals surface area (Å²) in [5, 5.41) is 19.1. The van der Waals surface area contributed by atoms with Crippen LogP contribution >= 0.6 is 0 Å². The summed E-state index contributed by atoms with van der Waals surface area (Å²) >= 11 is 0. The van der Waals surface area contributed by atoms with E-state index in [0.717, 1.165) is 12.1 Å². The minimum absolute atomic E-state index is 0.0546. The fourth-order valence-corrected chi connectivity index (χ4v) is 3.13. The number of rotatable bonds is 4. The number of nitriles is 1. The van der Waals surface area contributed by atoms with Gasteiger partial charge in [-0.25, -0.2) is 0 Å². The van der Waals surface area contributed by atoms with Crippen molar-refractivity contribution in [2.45, 2.75) is 44.0 Å². The fourth-order valence-electron chi connectivity index (χ4n) is 3.13. The molecule has 1 heterocycles. The van der Waals surface area contributed by atoms with Gasteiger partial charge in [0.05, 0.1) is 23.3 Å². The zero-order valence-electron chi connectivity index (χ0n) is 14.7. The topological polar surface area (TPSA) is 87.9 Å². The SMILES string of the molecule is N#Cc1ccc(O[C@H]2CC[C@H](NC(=O)c3cccnn3)CC2)cc1C(F)(F)F. The smallest absolute Gasteiger partial charge is 0.417 e. The normalized spacial score (nSPS) is 19.5. The quantitative estimate of drug-likeness (QED) is 0.864. The highest BCUT2D eigenvalue weighted by atomic mass is 19.4. The largest absolute Gasteiger partial charge is 0.490 e. The molecule has 1 saturated carbocycles. The Morgan fingerprint density at radius 3 is 2.57 bits per heavy atom. The highest BCUT2D eigenvalue weighted by Gasteiger charge is 2.34. The predicted octanol–water partition coefficient (Wildman–Crippen LogP) is 3.49. The summed E-state index contributed by atoms with van der Waals surface area (Å²) < 4.78 is 44.8. The summed E-state index contributed by atoms with van der Waals surface area (Å²) in [4.78, 5) is 12.1. The van der Waals surface area contributed by atoms with Crippen LogP contribution in [0.4, 0.5) is 13.2 Å². The molecule has 0 bridgehead atoms. The number of carbonyl (C=O) groups is 1. The highest BCUT2D eigenvalue weighted by molar-refractivity contribution is 5.92. The van der Waals surface area contributed by atoms with E-state index >= 15 is 0 Å². The van der Waals surface area contributed by atoms with Gasteiger partial charge in [-0.05, 0) is 56.0 Å². The van der Waals surface area contributed by atoms with Crippen LogP contribution in [0, 0.1) is 11.3 Å². The van der Waals surface area contributed by atoms with E-state index in [2.05, 4.69) is 15.5 Å². The number of carbonyl (C=O) groups excluding carboxylic acids is 1. The Balaban J connectivity index is 1.56. The molecular weight excluding hydrogens is 373 g/mol. The lowest BCUT2D eigenvalue weighted by atomic mass is 9.92. The molecule has 28 heavy (non-hydrogen) atoms. The number of amides is 1. The number of nitrogens with one attached hydrogen (secondary N) is 1. The third-order valence-electron chi connectivity index (χ3n) is 4.53. The Kier molecular flexibility index (Phi) is 5.78. The molecule has 0 saturated heterocycles. The van der Waals surface area contributed by atoms with E-state index in [-0.39, 0.29) is 29.5 Å². The second-order valence-electron chi connectivity index (χ2n) is 6.49. The first kappa shape index (κ1) is 19.6. The van der Waals surface area contributed by atoms with E-state index in [4.69, 9.17) is 10.00 Å². The molecule has 0 radical (unpaired) electrons. The Hall–Kier alpha value is -3.15. The van der Waals surface area contributed by atoms with E-state index in [0.29, 0.717) is 25.7 Å². The Morgan fingerprint density at radius 1 is 1.21 bits per heavy atom. The molecule has 9 heteroatoms. The molecule has 146 valence electrons. The van der Waals surface area contributed by atoms with Crippen LogP contribution in [0.5, 0.6) is 5.75 Å². The molecule has 1 N–H and O–H groups in total. The van der Waals surface area contributed by atoms with E-state index < -0.39 is 17.3 Å². The van der Waals surface area contributed by atoms with Gasteiger partial charge >= 0.3 is 6.18 Å². The van der Waals surface area contributed by atoms with Gasteiger partial charge in [-0.3, -0.25) is 4.79 Å². The lowest BCUT2D eigenvalue weighted by Crippen LogP contribution is -2.40. The van der Waals surface area contributed by atoms with E-state index in [1.54, 1.807) is 18.2 Å². The number of hydrogen-bond acceptors (Lipinski definition) is 5. The molecule has 1 aliphatic rings. The number of aromatic nitrogens is 2. The van der Waals surface area contributed by atoms with Crippen molar-refractivity contribution in [1.82, 2.24) is 15.5 Å². The Bertz CT molecular complexity index is 873. The maximum Gasteiger partial charge on any atom is 0.417 e. The first-order valence-corrected chi connectivity index (χ1v) is 8.73. The van der Waals surface area contributed by atoms with Crippen LogP contribution in [0.15, 0.2) is 36.5 Å². The molecule has 1 amide bonds. The highest BCUT2D eigenvalue weighted by Crippen LogP contribution is 2.35. The molecule has 6 nitrogen and oxygen atoms in total. The van der Waals surface area contributed by atoms with Crippen molar-refractivity contribution in [3.8, 4) is 11.8 Å². The van der Waals surface area contributed by atoms with Crippen molar-refractivity contribution in [1.29, 1.82) is 5.26 Å². The van der Waals surface area contributed by atoms with Gasteiger partial charge in [-0.1, -0.05) is 0 Å². The molecule has 0 unspecified atom stereocenters. The van der Waals surface area contributed by atoms with Gasteiger partial charge in [0.15, 0.2) is 5.69 Å². The van der Waals surface area contributed by atoms with Crippen LogP contribution < -0.4 is 10.1 Å². The van der Waals surface area contributed by atoms with Crippen molar-refractivity contribution in [3.63, 3.8) is 0 Å². The number of alkyl halides is 3. The standard InChI is InChI=1S/C19H17F3N4O2/c20-19(21,22)16-10-15(6-3-12(16)11-23)28-14-7-4-13(5-8-14)25-18(27)17-2-1-9-24-26-17/h1-3,6,9-10,13-14H,4-5,7-8H2,(H,25,27)/t13-,14-. The van der Waals surface area contributed by atoms with Gasteiger partial charge < -0.3 is 10.1 Å². The average molecular weight is 390 g/mol. The molecular formula is C19H17F3N4O2. The van der Waals surface area contributed by atoms with Crippen LogP contribution in [0.3, 0.4) is 0 Å². The summed E-state index contributed by atoms with van der Waals surface area (Å²) in [5.41, 5.74) is -1.20. The molecule has 1 aromatic heterocycles. The van der Waals surface area contributed by atoms with E-state index in [1.165, 1.54) is 12.3 Å². The zero-order chi connectivity index (χ0) is 20.1. The molecule has 1 fully saturated rings. The molecule has 0 atom stereocenters. The average Bonchev–Trinajstić information content (AvgIpc) is 2.69. The number of hydrogen-bond donors (Lipinski definition) is 1. The summed E-state index contributed by atoms with van der Waals surface area (Å²) in [6, 6.07) is 8.03. The van der Waals surface area contributed by atoms with E-state index in [1.807, 2.05) is 0 Å². The van der Waals surface area contributed by atoms with Crippen LogP contribution in [0.25, 0.3) is 0 Å². The van der Waals surface area contributed by atoms with Gasteiger partial charge in [0.1, 0.15) is 5.75 Å². The molecule has 1 aromatic carbocycles. The van der Waals surface area contributed by atoms with Gasteiger partial charge in [0.2, 0.25) is 0 Å². The van der Waals surface area contributed by atoms with Crippen molar-refractivity contribution in [2.75, 3.05) is 0 Å². The first-order chi connectivity index (χ1) is 13.4. The number of nitrogens with zero attached hydrogens (tertiary/aromatic N) is 3. The number of ether oxygens (including phenoxy) is 1. The number of benzene rings is 1. The maximum absolute atomic E-state index is 13.1. The maximum atomic E-state index is 13.1. The fraction of sp³-hybridized carbons (Fsp3) is 0.368. The van der Waals surface area contributed by atoms with Crippen LogP contribution in [-0.4, -0.2) is 28.3 Å². The lowest BCUT2D eigenvalue weighted by Gasteiger charge is -2.29. The monoisotopic (exact) mass is 390 g/mol. The van der Waals surface area contributed by atoms with Gasteiger partial charge in [0, 0.05) is 12.2 Å². The lowest BCUT2D eigenvalue weighted by molar-refractivity contribution is -0.137. The Morgan fingerprint density at radius 2 is 1.96 bits per heavy atom.